The van der Waals surface area contributed by atoms with Gasteiger partial charge in [0, 0.05) is 5.02 Å². The predicted octanol–water partition coefficient (Wildman–Crippen LogP) is 4.62. The van der Waals surface area contributed by atoms with Crippen molar-refractivity contribution in [2.24, 2.45) is 0 Å². The molecule has 3 aromatic rings. The second-order valence-corrected chi connectivity index (χ2v) is 6.45. The second-order valence-electron chi connectivity index (χ2n) is 5.61. The summed E-state index contributed by atoms with van der Waals surface area (Å²) in [6.07, 6.45) is 0. The Labute approximate surface area is 160 Å². The van der Waals surface area contributed by atoms with E-state index in [1.165, 1.54) is 12.1 Å². The van der Waals surface area contributed by atoms with Crippen molar-refractivity contribution in [3.63, 3.8) is 0 Å². The van der Waals surface area contributed by atoms with Gasteiger partial charge in [-0.25, -0.2) is 0 Å². The Bertz CT molecular complexity index is 967. The molecule has 0 atom stereocenters. The number of hydrogen-bond acceptors (Lipinski definition) is 3. The Hall–Kier alpha value is -2.56. The van der Waals surface area contributed by atoms with Crippen LogP contribution in [0.4, 0.5) is 0 Å². The second kappa shape index (κ2) is 8.21. The first kappa shape index (κ1) is 18.2. The van der Waals surface area contributed by atoms with Crippen LogP contribution in [0.25, 0.3) is 10.8 Å². The number of halogens is 2. The van der Waals surface area contributed by atoms with E-state index in [1.54, 1.807) is 6.07 Å². The summed E-state index contributed by atoms with van der Waals surface area (Å²) >= 11 is 11.8. The van der Waals surface area contributed by atoms with Crippen LogP contribution in [0.5, 0.6) is 0 Å². The molecule has 0 heterocycles. The van der Waals surface area contributed by atoms with E-state index < -0.39 is 11.9 Å². The molecule has 6 heteroatoms. The highest BCUT2D eigenvalue weighted by Gasteiger charge is 2.13. The molecule has 0 bridgehead atoms. The summed E-state index contributed by atoms with van der Waals surface area (Å²) in [5.74, 6) is -0.995. The van der Waals surface area contributed by atoms with Gasteiger partial charge in [0.25, 0.3) is 5.91 Å². The average molecular weight is 388 g/mol. The van der Waals surface area contributed by atoms with E-state index >= 15 is 0 Å². The van der Waals surface area contributed by atoms with E-state index in [4.69, 9.17) is 27.9 Å². The number of nitrogens with one attached hydrogen (secondary N) is 1. The molecule has 0 spiro atoms. The molecule has 132 valence electrons. The van der Waals surface area contributed by atoms with Gasteiger partial charge in [-0.15, -0.1) is 0 Å². The summed E-state index contributed by atoms with van der Waals surface area (Å²) in [5.41, 5.74) is 1.15. The standard InChI is InChI=1S/C20H15Cl2NO3/c21-15-8-9-17(18(22)10-15)20(25)23-11-19(24)26-12-14-6-3-5-13-4-1-2-7-16(13)14/h1-10H,11-12H2,(H,23,25). The van der Waals surface area contributed by atoms with Gasteiger partial charge in [-0.1, -0.05) is 65.7 Å². The largest absolute Gasteiger partial charge is 0.459 e. The van der Waals surface area contributed by atoms with Crippen molar-refractivity contribution in [3.8, 4) is 0 Å². The quantitative estimate of drug-likeness (QED) is 0.649. The van der Waals surface area contributed by atoms with Crippen LogP contribution in [0.2, 0.25) is 10.0 Å². The van der Waals surface area contributed by atoms with Crippen molar-refractivity contribution in [1.82, 2.24) is 5.32 Å². The number of hydrogen-bond donors (Lipinski definition) is 1. The fraction of sp³-hybridized carbons (Fsp3) is 0.100. The maximum Gasteiger partial charge on any atom is 0.325 e. The molecule has 0 saturated heterocycles. The third-order valence-corrected chi connectivity index (χ3v) is 4.39. The number of ether oxygens (including phenoxy) is 1. The van der Waals surface area contributed by atoms with Crippen LogP contribution in [0.1, 0.15) is 15.9 Å². The minimum Gasteiger partial charge on any atom is -0.459 e. The summed E-state index contributed by atoms with van der Waals surface area (Å²) in [6.45, 7) is -0.111. The fourth-order valence-electron chi connectivity index (χ4n) is 2.55. The van der Waals surface area contributed by atoms with Gasteiger partial charge in [0.2, 0.25) is 0 Å². The van der Waals surface area contributed by atoms with Crippen LogP contribution in [-0.4, -0.2) is 18.4 Å². The van der Waals surface area contributed by atoms with E-state index in [0.29, 0.717) is 5.02 Å². The highest BCUT2D eigenvalue weighted by Crippen LogP contribution is 2.21. The molecule has 1 N–H and O–H groups in total. The number of carbonyl (C=O) groups is 2. The van der Waals surface area contributed by atoms with Crippen LogP contribution in [0.3, 0.4) is 0 Å². The zero-order valence-electron chi connectivity index (χ0n) is 13.7. The molecule has 0 fully saturated rings. The van der Waals surface area contributed by atoms with Crippen LogP contribution in [0, 0.1) is 0 Å². The Morgan fingerprint density at radius 3 is 2.54 bits per heavy atom. The maximum atomic E-state index is 12.1. The van der Waals surface area contributed by atoms with Crippen molar-refractivity contribution in [3.05, 3.63) is 81.8 Å². The lowest BCUT2D eigenvalue weighted by Gasteiger charge is -2.09. The molecule has 0 aromatic heterocycles. The number of fused-ring (bicyclic) bond motifs is 1. The molecule has 0 aliphatic carbocycles. The van der Waals surface area contributed by atoms with Gasteiger partial charge in [-0.3, -0.25) is 9.59 Å². The highest BCUT2D eigenvalue weighted by molar-refractivity contribution is 6.36. The van der Waals surface area contributed by atoms with E-state index in [-0.39, 0.29) is 23.7 Å². The summed E-state index contributed by atoms with van der Waals surface area (Å²) in [4.78, 5) is 24.0. The summed E-state index contributed by atoms with van der Waals surface area (Å²) < 4.78 is 5.26. The van der Waals surface area contributed by atoms with E-state index in [9.17, 15) is 9.59 Å². The Balaban J connectivity index is 1.56. The minimum atomic E-state index is -0.531. The summed E-state index contributed by atoms with van der Waals surface area (Å²) in [5, 5.41) is 5.25. The van der Waals surface area contributed by atoms with Gasteiger partial charge in [-0.2, -0.15) is 0 Å². The number of rotatable bonds is 5. The lowest BCUT2D eigenvalue weighted by atomic mass is 10.1. The van der Waals surface area contributed by atoms with Crippen LogP contribution in [-0.2, 0) is 16.1 Å². The maximum absolute atomic E-state index is 12.1. The van der Waals surface area contributed by atoms with Crippen molar-refractivity contribution < 1.29 is 14.3 Å². The summed E-state index contributed by atoms with van der Waals surface area (Å²) in [7, 11) is 0. The van der Waals surface area contributed by atoms with E-state index in [2.05, 4.69) is 5.32 Å². The number of esters is 1. The van der Waals surface area contributed by atoms with Gasteiger partial charge >= 0.3 is 5.97 Å². The first-order valence-corrected chi connectivity index (χ1v) is 8.66. The molecule has 3 rings (SSSR count). The molecular formula is C20H15Cl2NO3. The lowest BCUT2D eigenvalue weighted by molar-refractivity contribution is -0.143. The van der Waals surface area contributed by atoms with Crippen molar-refractivity contribution in [2.75, 3.05) is 6.54 Å². The molecule has 0 unspecified atom stereocenters. The monoisotopic (exact) mass is 387 g/mol. The molecule has 3 aromatic carbocycles. The average Bonchev–Trinajstić information content (AvgIpc) is 2.64. The molecular weight excluding hydrogens is 373 g/mol. The molecule has 0 aliphatic rings. The van der Waals surface area contributed by atoms with Crippen molar-refractivity contribution in [1.29, 1.82) is 0 Å². The predicted molar refractivity (Wildman–Crippen MR) is 103 cm³/mol. The normalized spacial score (nSPS) is 10.5. The Morgan fingerprint density at radius 2 is 1.73 bits per heavy atom. The third-order valence-electron chi connectivity index (χ3n) is 3.84. The van der Waals surface area contributed by atoms with Crippen LogP contribution >= 0.6 is 23.2 Å². The molecule has 26 heavy (non-hydrogen) atoms. The number of benzene rings is 3. The van der Waals surface area contributed by atoms with Crippen LogP contribution in [0.15, 0.2) is 60.7 Å². The zero-order valence-corrected chi connectivity index (χ0v) is 15.2. The van der Waals surface area contributed by atoms with Crippen molar-refractivity contribution >= 4 is 45.9 Å². The van der Waals surface area contributed by atoms with Gasteiger partial charge in [0.05, 0.1) is 10.6 Å². The highest BCUT2D eigenvalue weighted by atomic mass is 35.5. The van der Waals surface area contributed by atoms with E-state index in [1.807, 2.05) is 42.5 Å². The fourth-order valence-corrected chi connectivity index (χ4v) is 3.04. The zero-order chi connectivity index (χ0) is 18.5. The molecule has 0 radical (unpaired) electrons. The first-order valence-electron chi connectivity index (χ1n) is 7.90. The van der Waals surface area contributed by atoms with E-state index in [0.717, 1.165) is 16.3 Å². The van der Waals surface area contributed by atoms with Crippen molar-refractivity contribution in [2.45, 2.75) is 6.61 Å². The topological polar surface area (TPSA) is 55.4 Å². The Morgan fingerprint density at radius 1 is 0.962 bits per heavy atom. The van der Waals surface area contributed by atoms with Gasteiger partial charge in [-0.05, 0) is 34.5 Å². The minimum absolute atomic E-state index is 0.137. The number of carbonyl (C=O) groups excluding carboxylic acids is 2. The lowest BCUT2D eigenvalue weighted by Crippen LogP contribution is -2.30. The summed E-state index contributed by atoms with van der Waals surface area (Å²) in [6, 6.07) is 18.2. The van der Waals surface area contributed by atoms with Gasteiger partial charge in [0.1, 0.15) is 13.2 Å². The first-order chi connectivity index (χ1) is 12.5. The third kappa shape index (κ3) is 4.34. The number of amides is 1. The smallest absolute Gasteiger partial charge is 0.325 e. The SMILES string of the molecule is O=C(CNC(=O)c1ccc(Cl)cc1Cl)OCc1cccc2ccccc12. The van der Waals surface area contributed by atoms with Crippen LogP contribution < -0.4 is 5.32 Å². The molecule has 1 amide bonds. The molecule has 0 aliphatic heterocycles. The van der Waals surface area contributed by atoms with Gasteiger partial charge < -0.3 is 10.1 Å². The Kier molecular flexibility index (Phi) is 5.76. The molecule has 0 saturated carbocycles. The molecule has 4 nitrogen and oxygen atoms in total. The van der Waals surface area contributed by atoms with Gasteiger partial charge in [0.15, 0.2) is 0 Å².